The highest BCUT2D eigenvalue weighted by atomic mass is 35.5. The molecule has 1 atom stereocenters. The molecule has 1 unspecified atom stereocenters. The predicted molar refractivity (Wildman–Crippen MR) is 94.2 cm³/mol. The Morgan fingerprint density at radius 1 is 1.29 bits per heavy atom. The van der Waals surface area contributed by atoms with Crippen molar-refractivity contribution < 1.29 is 9.90 Å². The molecule has 0 saturated carbocycles. The second-order valence-corrected chi connectivity index (χ2v) is 6.20. The van der Waals surface area contributed by atoms with Crippen LogP contribution in [0.15, 0.2) is 29.5 Å². The maximum Gasteiger partial charge on any atom is 0.358 e. The number of halogens is 4. The lowest BCUT2D eigenvalue weighted by Gasteiger charge is -2.14. The van der Waals surface area contributed by atoms with E-state index in [1.807, 2.05) is 0 Å². The van der Waals surface area contributed by atoms with Crippen molar-refractivity contribution in [2.75, 3.05) is 0 Å². The minimum absolute atomic E-state index is 0.0442. The second kappa shape index (κ2) is 7.98. The quantitative estimate of drug-likeness (QED) is 0.571. The Labute approximate surface area is 157 Å². The molecule has 6 nitrogen and oxygen atoms in total. The summed E-state index contributed by atoms with van der Waals surface area (Å²) in [5, 5.41) is 14.0. The van der Waals surface area contributed by atoms with Crippen molar-refractivity contribution in [1.82, 2.24) is 15.4 Å². The van der Waals surface area contributed by atoms with Crippen LogP contribution in [0.4, 0.5) is 0 Å². The molecule has 0 fully saturated rings. The molecule has 2 N–H and O–H groups in total. The van der Waals surface area contributed by atoms with E-state index < -0.39 is 11.7 Å². The van der Waals surface area contributed by atoms with Gasteiger partial charge < -0.3 is 10.5 Å². The highest BCUT2D eigenvalue weighted by molar-refractivity contribution is 6.46. The van der Waals surface area contributed by atoms with Crippen LogP contribution in [0.5, 0.6) is 0 Å². The van der Waals surface area contributed by atoms with E-state index in [-0.39, 0.29) is 22.0 Å². The van der Waals surface area contributed by atoms with Crippen LogP contribution in [-0.2, 0) is 4.79 Å². The first-order valence-corrected chi connectivity index (χ1v) is 8.00. The number of rotatable bonds is 5. The number of hydrazone groups is 1. The Morgan fingerprint density at radius 2 is 2.00 bits per heavy atom. The SMILES string of the molecule is CC(N/N=C(/C(=O)O)c1ncc(Cl)nc1Cl)c1ccc(Cl)cc1Cl. The number of nitrogens with one attached hydrogen (secondary N) is 1. The Balaban J connectivity index is 2.30. The van der Waals surface area contributed by atoms with Gasteiger partial charge in [0.15, 0.2) is 10.9 Å². The number of hydrogen-bond acceptors (Lipinski definition) is 5. The van der Waals surface area contributed by atoms with Crippen LogP contribution < -0.4 is 5.43 Å². The number of carboxylic acid groups (broad SMARTS) is 1. The molecule has 0 aliphatic carbocycles. The molecule has 0 saturated heterocycles. The van der Waals surface area contributed by atoms with Gasteiger partial charge in [0.25, 0.3) is 0 Å². The van der Waals surface area contributed by atoms with Gasteiger partial charge in [0.1, 0.15) is 10.8 Å². The largest absolute Gasteiger partial charge is 0.476 e. The first-order chi connectivity index (χ1) is 11.3. The van der Waals surface area contributed by atoms with E-state index in [0.29, 0.717) is 15.6 Å². The maximum absolute atomic E-state index is 11.4. The predicted octanol–water partition coefficient (Wildman–Crippen LogP) is 4.23. The van der Waals surface area contributed by atoms with E-state index in [4.69, 9.17) is 46.4 Å². The number of hydrogen-bond donors (Lipinski definition) is 2. The van der Waals surface area contributed by atoms with E-state index in [1.165, 1.54) is 6.20 Å². The fourth-order valence-corrected chi connectivity index (χ4v) is 2.77. The molecule has 0 radical (unpaired) electrons. The van der Waals surface area contributed by atoms with Gasteiger partial charge in [-0.1, -0.05) is 52.5 Å². The molecule has 0 bridgehead atoms. The summed E-state index contributed by atoms with van der Waals surface area (Å²) in [7, 11) is 0. The zero-order chi connectivity index (χ0) is 17.9. The molecule has 0 aliphatic rings. The van der Waals surface area contributed by atoms with Gasteiger partial charge in [0.05, 0.1) is 12.2 Å². The Kier molecular flexibility index (Phi) is 6.23. The van der Waals surface area contributed by atoms with E-state index in [2.05, 4.69) is 20.5 Å². The van der Waals surface area contributed by atoms with E-state index >= 15 is 0 Å². The molecule has 2 rings (SSSR count). The summed E-state index contributed by atoms with van der Waals surface area (Å²) < 4.78 is 0. The van der Waals surface area contributed by atoms with Gasteiger partial charge in [-0.25, -0.2) is 14.8 Å². The standard InChI is InChI=1S/C14H10Cl4N4O2/c1-6(8-3-2-7(15)4-9(8)16)21-22-12(14(23)24)11-13(18)20-10(17)5-19-11/h2-6,21H,1H3,(H,23,24)/b22-12+. The van der Waals surface area contributed by atoms with Gasteiger partial charge in [-0.3, -0.25) is 0 Å². The van der Waals surface area contributed by atoms with Crippen molar-refractivity contribution in [3.8, 4) is 0 Å². The highest BCUT2D eigenvalue weighted by Gasteiger charge is 2.20. The molecular formula is C14H10Cl4N4O2. The molecule has 10 heteroatoms. The molecular weight excluding hydrogens is 398 g/mol. The molecule has 1 aromatic carbocycles. The van der Waals surface area contributed by atoms with Gasteiger partial charge in [0.2, 0.25) is 0 Å². The molecule has 0 amide bonds. The lowest BCUT2D eigenvalue weighted by molar-refractivity contribution is -0.129. The van der Waals surface area contributed by atoms with Crippen LogP contribution in [0.25, 0.3) is 0 Å². The number of aromatic nitrogens is 2. The van der Waals surface area contributed by atoms with Crippen molar-refractivity contribution >= 4 is 58.1 Å². The average Bonchev–Trinajstić information content (AvgIpc) is 2.48. The van der Waals surface area contributed by atoms with Crippen LogP contribution in [0.2, 0.25) is 20.4 Å². The fraction of sp³-hybridized carbons (Fsp3) is 0.143. The number of carbonyl (C=O) groups is 1. The Hall–Kier alpha value is -1.60. The fourth-order valence-electron chi connectivity index (χ4n) is 1.79. The van der Waals surface area contributed by atoms with Crippen molar-refractivity contribution in [3.05, 3.63) is 56.0 Å². The van der Waals surface area contributed by atoms with Gasteiger partial charge >= 0.3 is 5.97 Å². The van der Waals surface area contributed by atoms with Crippen molar-refractivity contribution in [2.24, 2.45) is 5.10 Å². The van der Waals surface area contributed by atoms with Gasteiger partial charge in [-0.05, 0) is 24.6 Å². The van der Waals surface area contributed by atoms with Crippen molar-refractivity contribution in [2.45, 2.75) is 13.0 Å². The van der Waals surface area contributed by atoms with Crippen LogP contribution >= 0.6 is 46.4 Å². The third-order valence-corrected chi connectivity index (χ3v) is 3.93. The highest BCUT2D eigenvalue weighted by Crippen LogP contribution is 2.26. The number of aliphatic carboxylic acids is 1. The first-order valence-electron chi connectivity index (χ1n) is 6.49. The average molecular weight is 408 g/mol. The Bertz CT molecular complexity index is 813. The topological polar surface area (TPSA) is 87.5 Å². The van der Waals surface area contributed by atoms with Gasteiger partial charge in [-0.2, -0.15) is 5.10 Å². The van der Waals surface area contributed by atoms with E-state index in [0.717, 1.165) is 0 Å². The van der Waals surface area contributed by atoms with Crippen LogP contribution in [-0.4, -0.2) is 26.8 Å². The Morgan fingerprint density at radius 3 is 2.58 bits per heavy atom. The summed E-state index contributed by atoms with van der Waals surface area (Å²) in [6, 6.07) is 4.58. The van der Waals surface area contributed by atoms with Gasteiger partial charge in [0, 0.05) is 10.0 Å². The molecule has 1 heterocycles. The normalized spacial score (nSPS) is 12.8. The molecule has 0 aliphatic heterocycles. The number of carboxylic acids is 1. The molecule has 0 spiro atoms. The van der Waals surface area contributed by atoms with Crippen molar-refractivity contribution in [3.63, 3.8) is 0 Å². The van der Waals surface area contributed by atoms with E-state index in [1.54, 1.807) is 25.1 Å². The molecule has 24 heavy (non-hydrogen) atoms. The van der Waals surface area contributed by atoms with Gasteiger partial charge in [-0.15, -0.1) is 0 Å². The third-order valence-electron chi connectivity index (χ3n) is 2.93. The summed E-state index contributed by atoms with van der Waals surface area (Å²) in [6.45, 7) is 1.76. The van der Waals surface area contributed by atoms with Crippen LogP contribution in [0, 0.1) is 0 Å². The molecule has 126 valence electrons. The third kappa shape index (κ3) is 4.48. The number of benzene rings is 1. The molecule has 2 aromatic rings. The summed E-state index contributed by atoms with van der Waals surface area (Å²) in [4.78, 5) is 19.0. The maximum atomic E-state index is 11.4. The summed E-state index contributed by atoms with van der Waals surface area (Å²) in [5.74, 6) is -1.32. The van der Waals surface area contributed by atoms with Crippen LogP contribution in [0.3, 0.4) is 0 Å². The lowest BCUT2D eigenvalue weighted by atomic mass is 10.1. The zero-order valence-electron chi connectivity index (χ0n) is 12.1. The lowest BCUT2D eigenvalue weighted by Crippen LogP contribution is -2.23. The summed E-state index contributed by atoms with van der Waals surface area (Å²) in [5.41, 5.74) is 2.90. The first kappa shape index (κ1) is 18.7. The zero-order valence-corrected chi connectivity index (χ0v) is 15.1. The number of nitrogens with zero attached hydrogens (tertiary/aromatic N) is 3. The summed E-state index contributed by atoms with van der Waals surface area (Å²) >= 11 is 23.5. The monoisotopic (exact) mass is 406 g/mol. The smallest absolute Gasteiger partial charge is 0.358 e. The van der Waals surface area contributed by atoms with Crippen LogP contribution in [0.1, 0.15) is 24.2 Å². The van der Waals surface area contributed by atoms with Crippen molar-refractivity contribution in [1.29, 1.82) is 0 Å². The second-order valence-electron chi connectivity index (χ2n) is 4.61. The molecule has 1 aromatic heterocycles. The van der Waals surface area contributed by atoms with E-state index in [9.17, 15) is 9.90 Å². The summed E-state index contributed by atoms with van der Waals surface area (Å²) in [6.07, 6.45) is 1.18. The minimum Gasteiger partial charge on any atom is -0.476 e. The minimum atomic E-state index is -1.32.